The van der Waals surface area contributed by atoms with Crippen LogP contribution in [0.4, 0.5) is 0 Å². The van der Waals surface area contributed by atoms with Crippen molar-refractivity contribution in [3.63, 3.8) is 0 Å². The van der Waals surface area contributed by atoms with Crippen molar-refractivity contribution in [2.75, 3.05) is 21.3 Å². The number of carbonyl (C=O) groups is 1. The Hall–Kier alpha value is -1.79. The van der Waals surface area contributed by atoms with Crippen LogP contribution in [0, 0.1) is 0 Å². The first-order chi connectivity index (χ1) is 9.04. The van der Waals surface area contributed by atoms with Crippen LogP contribution in [0.3, 0.4) is 0 Å². The highest BCUT2D eigenvalue weighted by Crippen LogP contribution is 2.29. The quantitative estimate of drug-likeness (QED) is 0.757. The predicted octanol–water partition coefficient (Wildman–Crippen LogP) is 1.14. The Morgan fingerprint density at radius 3 is 2.42 bits per heavy atom. The molecule has 0 saturated carbocycles. The minimum Gasteiger partial charge on any atom is -0.504 e. The van der Waals surface area contributed by atoms with Gasteiger partial charge in [0, 0.05) is 14.2 Å². The summed E-state index contributed by atoms with van der Waals surface area (Å²) in [5, 5.41) is 12.6. The van der Waals surface area contributed by atoms with Gasteiger partial charge >= 0.3 is 0 Å². The summed E-state index contributed by atoms with van der Waals surface area (Å²) in [7, 11) is 4.39. The molecule has 1 rings (SSSR count). The molecule has 6 heteroatoms. The van der Waals surface area contributed by atoms with E-state index in [9.17, 15) is 9.90 Å². The molecule has 0 radical (unpaired) electrons. The van der Waals surface area contributed by atoms with Crippen LogP contribution >= 0.6 is 0 Å². The van der Waals surface area contributed by atoms with E-state index in [-0.39, 0.29) is 23.1 Å². The van der Waals surface area contributed by atoms with Crippen molar-refractivity contribution in [2.45, 2.75) is 19.3 Å². The summed E-state index contributed by atoms with van der Waals surface area (Å²) in [6.07, 6.45) is -0.559. The van der Waals surface area contributed by atoms with E-state index < -0.39 is 12.2 Å². The van der Waals surface area contributed by atoms with Crippen LogP contribution in [0.2, 0.25) is 0 Å². The maximum atomic E-state index is 12.0. The minimum absolute atomic E-state index is 0.136. The van der Waals surface area contributed by atoms with Gasteiger partial charge < -0.3 is 24.6 Å². The van der Waals surface area contributed by atoms with Gasteiger partial charge in [0.2, 0.25) is 0 Å². The Kier molecular flexibility index (Phi) is 5.59. The molecule has 1 amide bonds. The second kappa shape index (κ2) is 6.96. The molecular weight excluding hydrogens is 250 g/mol. The predicted molar refractivity (Wildman–Crippen MR) is 69.4 cm³/mol. The fourth-order valence-electron chi connectivity index (χ4n) is 1.73. The molecule has 0 saturated heterocycles. The summed E-state index contributed by atoms with van der Waals surface area (Å²) < 4.78 is 15.0. The van der Waals surface area contributed by atoms with Crippen LogP contribution < -0.4 is 10.1 Å². The SMILES string of the molecule is COc1cccc(C(=O)NC(C)C(OC)OC)c1O. The third kappa shape index (κ3) is 3.59. The number of phenolic OH excluding ortho intramolecular Hbond substituents is 1. The third-order valence-corrected chi connectivity index (χ3v) is 2.70. The molecule has 0 aliphatic heterocycles. The summed E-state index contributed by atoms with van der Waals surface area (Å²) in [5.74, 6) is -0.376. The second-order valence-corrected chi connectivity index (χ2v) is 3.96. The summed E-state index contributed by atoms with van der Waals surface area (Å²) in [4.78, 5) is 12.0. The number of ether oxygens (including phenoxy) is 3. The highest BCUT2D eigenvalue weighted by Gasteiger charge is 2.21. The molecule has 106 valence electrons. The molecule has 6 nitrogen and oxygen atoms in total. The zero-order chi connectivity index (χ0) is 14.4. The molecule has 0 aliphatic rings. The normalized spacial score (nSPS) is 12.3. The number of aromatic hydroxyl groups is 1. The molecule has 0 heterocycles. The summed E-state index contributed by atoms with van der Waals surface area (Å²) in [6.45, 7) is 1.74. The number of hydrogen-bond acceptors (Lipinski definition) is 5. The molecule has 1 unspecified atom stereocenters. The van der Waals surface area contributed by atoms with Gasteiger partial charge in [0.05, 0.1) is 18.7 Å². The van der Waals surface area contributed by atoms with Crippen LogP contribution in [0.15, 0.2) is 18.2 Å². The largest absolute Gasteiger partial charge is 0.504 e. The maximum Gasteiger partial charge on any atom is 0.255 e. The number of phenols is 1. The van der Waals surface area contributed by atoms with Gasteiger partial charge in [-0.05, 0) is 19.1 Å². The van der Waals surface area contributed by atoms with Crippen molar-refractivity contribution >= 4 is 5.91 Å². The molecule has 0 fully saturated rings. The Morgan fingerprint density at radius 1 is 1.26 bits per heavy atom. The lowest BCUT2D eigenvalue weighted by Gasteiger charge is -2.22. The van der Waals surface area contributed by atoms with Gasteiger partial charge in [-0.2, -0.15) is 0 Å². The molecule has 1 aromatic carbocycles. The molecule has 0 bridgehead atoms. The van der Waals surface area contributed by atoms with Crippen molar-refractivity contribution in [3.05, 3.63) is 23.8 Å². The first-order valence-corrected chi connectivity index (χ1v) is 5.77. The second-order valence-electron chi connectivity index (χ2n) is 3.96. The van der Waals surface area contributed by atoms with Gasteiger partial charge in [0.1, 0.15) is 0 Å². The minimum atomic E-state index is -0.559. The van der Waals surface area contributed by atoms with E-state index >= 15 is 0 Å². The number of methoxy groups -OCH3 is 3. The van der Waals surface area contributed by atoms with Crippen LogP contribution in [0.1, 0.15) is 17.3 Å². The zero-order valence-electron chi connectivity index (χ0n) is 11.5. The van der Waals surface area contributed by atoms with Gasteiger partial charge in [-0.1, -0.05) is 6.07 Å². The maximum absolute atomic E-state index is 12.0. The first-order valence-electron chi connectivity index (χ1n) is 5.77. The van der Waals surface area contributed by atoms with Crippen molar-refractivity contribution < 1.29 is 24.1 Å². The Morgan fingerprint density at radius 2 is 1.89 bits per heavy atom. The molecular formula is C13H19NO5. The van der Waals surface area contributed by atoms with Gasteiger partial charge in [-0.15, -0.1) is 0 Å². The van der Waals surface area contributed by atoms with Gasteiger partial charge in [-0.3, -0.25) is 4.79 Å². The van der Waals surface area contributed by atoms with E-state index in [1.165, 1.54) is 27.4 Å². The monoisotopic (exact) mass is 269 g/mol. The number of hydrogen-bond donors (Lipinski definition) is 2. The third-order valence-electron chi connectivity index (χ3n) is 2.70. The van der Waals surface area contributed by atoms with Crippen molar-refractivity contribution in [3.8, 4) is 11.5 Å². The number of nitrogens with one attached hydrogen (secondary N) is 1. The summed E-state index contributed by atoms with van der Waals surface area (Å²) in [6, 6.07) is 4.34. The van der Waals surface area contributed by atoms with Crippen LogP contribution in [-0.2, 0) is 9.47 Å². The summed E-state index contributed by atoms with van der Waals surface area (Å²) >= 11 is 0. The standard InChI is InChI=1S/C13H19NO5/c1-8(13(18-3)19-4)14-12(16)9-6-5-7-10(17-2)11(9)15/h5-8,13,15H,1-4H3,(H,14,16). The van der Waals surface area contributed by atoms with E-state index in [0.717, 1.165) is 0 Å². The first kappa shape index (κ1) is 15.3. The average Bonchev–Trinajstić information content (AvgIpc) is 2.40. The molecule has 2 N–H and O–H groups in total. The number of rotatable bonds is 6. The lowest BCUT2D eigenvalue weighted by molar-refractivity contribution is -0.117. The van der Waals surface area contributed by atoms with Crippen LogP contribution in [0.5, 0.6) is 11.5 Å². The molecule has 0 aliphatic carbocycles. The number of carbonyl (C=O) groups excluding carboxylic acids is 1. The fraction of sp³-hybridized carbons (Fsp3) is 0.462. The van der Waals surface area contributed by atoms with E-state index in [1.54, 1.807) is 19.1 Å². The molecule has 0 spiro atoms. The van der Waals surface area contributed by atoms with Gasteiger partial charge in [-0.25, -0.2) is 0 Å². The fourth-order valence-corrected chi connectivity index (χ4v) is 1.73. The number of benzene rings is 1. The molecule has 1 aromatic rings. The Bertz CT molecular complexity index is 431. The highest BCUT2D eigenvalue weighted by molar-refractivity contribution is 5.97. The molecule has 19 heavy (non-hydrogen) atoms. The highest BCUT2D eigenvalue weighted by atomic mass is 16.7. The number of amides is 1. The van der Waals surface area contributed by atoms with Gasteiger partial charge in [0.15, 0.2) is 17.8 Å². The smallest absolute Gasteiger partial charge is 0.255 e. The van der Waals surface area contributed by atoms with E-state index in [1.807, 2.05) is 0 Å². The zero-order valence-corrected chi connectivity index (χ0v) is 11.5. The lowest BCUT2D eigenvalue weighted by Crippen LogP contribution is -2.42. The molecule has 0 aromatic heterocycles. The van der Waals surface area contributed by atoms with E-state index in [2.05, 4.69) is 5.32 Å². The molecule has 1 atom stereocenters. The van der Waals surface area contributed by atoms with Crippen molar-refractivity contribution in [1.82, 2.24) is 5.32 Å². The van der Waals surface area contributed by atoms with Gasteiger partial charge in [0.25, 0.3) is 5.91 Å². The van der Waals surface area contributed by atoms with E-state index in [0.29, 0.717) is 0 Å². The van der Waals surface area contributed by atoms with Crippen LogP contribution in [-0.4, -0.2) is 44.7 Å². The topological polar surface area (TPSA) is 77.0 Å². The van der Waals surface area contributed by atoms with Crippen LogP contribution in [0.25, 0.3) is 0 Å². The Labute approximate surface area is 112 Å². The lowest BCUT2D eigenvalue weighted by atomic mass is 10.1. The number of para-hydroxylation sites is 1. The van der Waals surface area contributed by atoms with E-state index in [4.69, 9.17) is 14.2 Å². The van der Waals surface area contributed by atoms with Crippen molar-refractivity contribution in [2.24, 2.45) is 0 Å². The average molecular weight is 269 g/mol. The van der Waals surface area contributed by atoms with Crippen molar-refractivity contribution in [1.29, 1.82) is 0 Å². The Balaban J connectivity index is 2.84. The summed E-state index contributed by atoms with van der Waals surface area (Å²) in [5.41, 5.74) is 0.136.